The van der Waals surface area contributed by atoms with Crippen molar-refractivity contribution in [1.29, 1.82) is 0 Å². The molecule has 1 saturated heterocycles. The lowest BCUT2D eigenvalue weighted by molar-refractivity contribution is -0.138. The first-order valence-electron chi connectivity index (χ1n) is 11.1. The fraction of sp³-hybridized carbons (Fsp3) is 0.269. The third-order valence-electron chi connectivity index (χ3n) is 6.00. The van der Waals surface area contributed by atoms with Crippen molar-refractivity contribution in [2.75, 3.05) is 13.1 Å². The maximum Gasteiger partial charge on any atom is 0.243 e. The highest BCUT2D eigenvalue weighted by atomic mass is 79.9. The Balaban J connectivity index is 1.45. The molecule has 0 N–H and O–H groups in total. The Morgan fingerprint density at radius 1 is 0.818 bits per heavy atom. The van der Waals surface area contributed by atoms with Crippen LogP contribution in [0.3, 0.4) is 0 Å². The molecule has 0 saturated carbocycles. The molecule has 1 aliphatic heterocycles. The monoisotopic (exact) mass is 526 g/mol. The normalized spacial score (nSPS) is 15.3. The summed E-state index contributed by atoms with van der Waals surface area (Å²) in [4.78, 5) is 15.7. The highest BCUT2D eigenvalue weighted by molar-refractivity contribution is 9.10. The summed E-state index contributed by atoms with van der Waals surface area (Å²) in [6.45, 7) is 1.76. The third kappa shape index (κ3) is 5.91. The number of carbonyl (C=O) groups excluding carboxylic acids is 1. The van der Waals surface area contributed by atoms with Crippen molar-refractivity contribution in [3.05, 3.63) is 101 Å². The van der Waals surface area contributed by atoms with Gasteiger partial charge in [0.1, 0.15) is 0 Å². The summed E-state index contributed by atoms with van der Waals surface area (Å²) in [5, 5.41) is 0. The van der Waals surface area contributed by atoms with E-state index in [0.717, 1.165) is 15.6 Å². The molecule has 0 unspecified atom stereocenters. The summed E-state index contributed by atoms with van der Waals surface area (Å²) >= 11 is 3.34. The molecule has 3 aromatic carbocycles. The van der Waals surface area contributed by atoms with Gasteiger partial charge in [-0.2, -0.15) is 4.31 Å². The number of benzene rings is 3. The van der Waals surface area contributed by atoms with E-state index in [1.54, 1.807) is 24.3 Å². The first-order valence-corrected chi connectivity index (χ1v) is 13.3. The predicted octanol–water partition coefficient (Wildman–Crippen LogP) is 5.08. The third-order valence-corrected chi connectivity index (χ3v) is 8.44. The van der Waals surface area contributed by atoms with Crippen LogP contribution in [0.4, 0.5) is 0 Å². The standard InChI is InChI=1S/C26H27BrN2O3S/c27-24-11-13-25(14-12-24)33(31,32)29-17-15-23(16-18-29)26(30)28(19-21-7-3-1-4-8-21)20-22-9-5-2-6-10-22/h1-14,23H,15-20H2. The van der Waals surface area contributed by atoms with E-state index < -0.39 is 10.0 Å². The predicted molar refractivity (Wildman–Crippen MR) is 133 cm³/mol. The molecule has 0 atom stereocenters. The van der Waals surface area contributed by atoms with E-state index in [1.165, 1.54) is 4.31 Å². The fourth-order valence-electron chi connectivity index (χ4n) is 4.18. The van der Waals surface area contributed by atoms with Gasteiger partial charge >= 0.3 is 0 Å². The Hall–Kier alpha value is -2.48. The first kappa shape index (κ1) is 23.7. The van der Waals surface area contributed by atoms with Gasteiger partial charge in [-0.15, -0.1) is 0 Å². The van der Waals surface area contributed by atoms with Crippen LogP contribution in [0.1, 0.15) is 24.0 Å². The van der Waals surface area contributed by atoms with E-state index >= 15 is 0 Å². The van der Waals surface area contributed by atoms with Gasteiger partial charge in [-0.1, -0.05) is 76.6 Å². The van der Waals surface area contributed by atoms with Crippen molar-refractivity contribution >= 4 is 31.9 Å². The molecule has 1 amide bonds. The zero-order chi connectivity index (χ0) is 23.3. The lowest BCUT2D eigenvalue weighted by Gasteiger charge is -2.34. The molecule has 0 bridgehead atoms. The quantitative estimate of drug-likeness (QED) is 0.431. The van der Waals surface area contributed by atoms with Crippen LogP contribution < -0.4 is 0 Å². The molecular weight excluding hydrogens is 500 g/mol. The SMILES string of the molecule is O=C(C1CCN(S(=O)(=O)c2ccc(Br)cc2)CC1)N(Cc1ccccc1)Cc1ccccc1. The molecule has 1 aliphatic rings. The maximum atomic E-state index is 13.5. The second-order valence-corrected chi connectivity index (χ2v) is 11.2. The van der Waals surface area contributed by atoms with Crippen LogP contribution in [0.2, 0.25) is 0 Å². The summed E-state index contributed by atoms with van der Waals surface area (Å²) in [5.41, 5.74) is 2.16. The van der Waals surface area contributed by atoms with Gasteiger partial charge in [0, 0.05) is 36.6 Å². The number of halogens is 1. The largest absolute Gasteiger partial charge is 0.334 e. The lowest BCUT2D eigenvalue weighted by Crippen LogP contribution is -2.44. The van der Waals surface area contributed by atoms with Crippen molar-refractivity contribution in [2.45, 2.75) is 30.8 Å². The Bertz CT molecular complexity index is 1120. The van der Waals surface area contributed by atoms with Gasteiger partial charge in [0.05, 0.1) is 4.90 Å². The number of sulfonamides is 1. The Morgan fingerprint density at radius 2 is 1.30 bits per heavy atom. The minimum atomic E-state index is -3.56. The second kappa shape index (κ2) is 10.6. The average Bonchev–Trinajstić information content (AvgIpc) is 2.85. The van der Waals surface area contributed by atoms with E-state index in [4.69, 9.17) is 0 Å². The molecule has 172 valence electrons. The van der Waals surface area contributed by atoms with E-state index in [2.05, 4.69) is 15.9 Å². The van der Waals surface area contributed by atoms with Crippen LogP contribution in [0.25, 0.3) is 0 Å². The molecule has 1 fully saturated rings. The van der Waals surface area contributed by atoms with Gasteiger partial charge in [0.2, 0.25) is 15.9 Å². The van der Waals surface area contributed by atoms with E-state index in [0.29, 0.717) is 39.0 Å². The number of amides is 1. The molecule has 4 rings (SSSR count). The lowest BCUT2D eigenvalue weighted by atomic mass is 9.96. The van der Waals surface area contributed by atoms with Gasteiger partial charge in [0.25, 0.3) is 0 Å². The summed E-state index contributed by atoms with van der Waals surface area (Å²) in [5.74, 6) is -0.0998. The molecule has 1 heterocycles. The Morgan fingerprint density at radius 3 is 1.79 bits per heavy atom. The maximum absolute atomic E-state index is 13.5. The molecule has 0 aliphatic carbocycles. The van der Waals surface area contributed by atoms with E-state index in [9.17, 15) is 13.2 Å². The average molecular weight is 527 g/mol. The van der Waals surface area contributed by atoms with Crippen LogP contribution in [-0.4, -0.2) is 36.6 Å². The number of rotatable bonds is 7. The fourth-order valence-corrected chi connectivity index (χ4v) is 5.91. The number of nitrogens with zero attached hydrogens (tertiary/aromatic N) is 2. The topological polar surface area (TPSA) is 57.7 Å². The molecular formula is C26H27BrN2O3S. The van der Waals surface area contributed by atoms with Crippen LogP contribution in [-0.2, 0) is 27.9 Å². The summed E-state index contributed by atoms with van der Waals surface area (Å²) in [7, 11) is -3.56. The van der Waals surface area contributed by atoms with E-state index in [-0.39, 0.29) is 16.7 Å². The molecule has 0 radical (unpaired) electrons. The highest BCUT2D eigenvalue weighted by Crippen LogP contribution is 2.27. The van der Waals surface area contributed by atoms with Crippen molar-refractivity contribution < 1.29 is 13.2 Å². The van der Waals surface area contributed by atoms with Crippen LogP contribution in [0.15, 0.2) is 94.3 Å². The van der Waals surface area contributed by atoms with Gasteiger partial charge in [-0.05, 0) is 48.2 Å². The Kier molecular flexibility index (Phi) is 7.63. The zero-order valence-corrected chi connectivity index (χ0v) is 20.7. The van der Waals surface area contributed by atoms with Crippen LogP contribution in [0, 0.1) is 5.92 Å². The summed E-state index contributed by atoms with van der Waals surface area (Å²) < 4.78 is 28.3. The number of hydrogen-bond acceptors (Lipinski definition) is 3. The molecule has 5 nitrogen and oxygen atoms in total. The smallest absolute Gasteiger partial charge is 0.243 e. The van der Waals surface area contributed by atoms with Gasteiger partial charge in [-0.3, -0.25) is 4.79 Å². The van der Waals surface area contributed by atoms with Gasteiger partial charge in [0.15, 0.2) is 0 Å². The minimum absolute atomic E-state index is 0.0865. The van der Waals surface area contributed by atoms with Gasteiger partial charge in [-0.25, -0.2) is 8.42 Å². The van der Waals surface area contributed by atoms with Crippen molar-refractivity contribution in [3.63, 3.8) is 0 Å². The summed E-state index contributed by atoms with van der Waals surface area (Å²) in [6, 6.07) is 26.6. The first-order chi connectivity index (χ1) is 15.9. The molecule has 3 aromatic rings. The van der Waals surface area contributed by atoms with Crippen molar-refractivity contribution in [3.8, 4) is 0 Å². The number of carbonyl (C=O) groups is 1. The van der Waals surface area contributed by atoms with Crippen LogP contribution >= 0.6 is 15.9 Å². The van der Waals surface area contributed by atoms with Crippen molar-refractivity contribution in [1.82, 2.24) is 9.21 Å². The van der Waals surface area contributed by atoms with E-state index in [1.807, 2.05) is 65.6 Å². The molecule has 7 heteroatoms. The molecule has 0 aromatic heterocycles. The zero-order valence-electron chi connectivity index (χ0n) is 18.3. The minimum Gasteiger partial charge on any atom is -0.334 e. The summed E-state index contributed by atoms with van der Waals surface area (Å²) in [6.07, 6.45) is 1.04. The molecule has 33 heavy (non-hydrogen) atoms. The molecule has 0 spiro atoms. The number of hydrogen-bond donors (Lipinski definition) is 0. The number of piperidine rings is 1. The Labute approximate surface area is 204 Å². The second-order valence-electron chi connectivity index (χ2n) is 8.30. The van der Waals surface area contributed by atoms with Gasteiger partial charge < -0.3 is 4.90 Å². The highest BCUT2D eigenvalue weighted by Gasteiger charge is 2.34. The van der Waals surface area contributed by atoms with Crippen molar-refractivity contribution in [2.24, 2.45) is 5.92 Å². The van der Waals surface area contributed by atoms with Crippen LogP contribution in [0.5, 0.6) is 0 Å².